The molecule has 0 aliphatic rings. The molecule has 0 bridgehead atoms. The van der Waals surface area contributed by atoms with E-state index in [1.165, 1.54) is 0 Å². The van der Waals surface area contributed by atoms with Crippen molar-refractivity contribution in [1.29, 1.82) is 0 Å². The molecule has 0 aliphatic carbocycles. The van der Waals surface area contributed by atoms with Crippen molar-refractivity contribution in [2.45, 2.75) is 6.54 Å². The Labute approximate surface area is 122 Å². The number of aromatic nitrogens is 4. The first-order valence-corrected chi connectivity index (χ1v) is 6.80. The van der Waals surface area contributed by atoms with Gasteiger partial charge in [-0.3, -0.25) is 9.55 Å². The molecule has 21 heavy (non-hydrogen) atoms. The third kappa shape index (κ3) is 2.71. The molecule has 0 aromatic carbocycles. The number of nitrogens with one attached hydrogen (secondary N) is 1. The second-order valence-corrected chi connectivity index (χ2v) is 5.19. The predicted octanol–water partition coefficient (Wildman–Crippen LogP) is 1.35. The highest BCUT2D eigenvalue weighted by atomic mass is 16.1. The summed E-state index contributed by atoms with van der Waals surface area (Å²) in [5.74, 6) is 0. The highest BCUT2D eigenvalue weighted by Gasteiger charge is 2.10. The van der Waals surface area contributed by atoms with Gasteiger partial charge in [-0.1, -0.05) is 0 Å². The van der Waals surface area contributed by atoms with E-state index < -0.39 is 0 Å². The zero-order valence-corrected chi connectivity index (χ0v) is 12.1. The second-order valence-electron chi connectivity index (χ2n) is 5.19. The van der Waals surface area contributed by atoms with E-state index in [4.69, 9.17) is 0 Å². The fourth-order valence-corrected chi connectivity index (χ4v) is 2.22. The molecule has 0 aliphatic heterocycles. The number of nitrogens with zero attached hydrogens (tertiary/aromatic N) is 4. The Bertz CT molecular complexity index is 804. The van der Waals surface area contributed by atoms with Gasteiger partial charge in [-0.2, -0.15) is 0 Å². The van der Waals surface area contributed by atoms with Crippen LogP contribution >= 0.6 is 0 Å². The van der Waals surface area contributed by atoms with Crippen molar-refractivity contribution in [2.24, 2.45) is 0 Å². The van der Waals surface area contributed by atoms with E-state index in [9.17, 15) is 4.79 Å². The molecule has 0 saturated carbocycles. The summed E-state index contributed by atoms with van der Waals surface area (Å²) in [5.41, 5.74) is 3.15. The number of rotatable bonds is 4. The molecule has 0 spiro atoms. The average Bonchev–Trinajstić information content (AvgIpc) is 2.80. The van der Waals surface area contributed by atoms with Crippen LogP contribution in [0.5, 0.6) is 0 Å². The third-order valence-electron chi connectivity index (χ3n) is 3.36. The molecule has 6 heteroatoms. The van der Waals surface area contributed by atoms with Gasteiger partial charge in [-0.05, 0) is 38.4 Å². The Balaban J connectivity index is 2.07. The van der Waals surface area contributed by atoms with Crippen molar-refractivity contribution >= 4 is 11.2 Å². The van der Waals surface area contributed by atoms with Gasteiger partial charge in [0.2, 0.25) is 0 Å². The summed E-state index contributed by atoms with van der Waals surface area (Å²) >= 11 is 0. The standard InChI is InChI=1S/C15H17N5O/c1-19(2)9-10-20-14-13(18-15(20)21)4-3-12(17-14)11-5-7-16-8-6-11/h3-8H,9-10H2,1-2H3,(H,18,21). The van der Waals surface area contributed by atoms with E-state index >= 15 is 0 Å². The van der Waals surface area contributed by atoms with Crippen LogP contribution in [0.15, 0.2) is 41.5 Å². The number of imidazole rings is 1. The van der Waals surface area contributed by atoms with Crippen molar-refractivity contribution < 1.29 is 0 Å². The van der Waals surface area contributed by atoms with Gasteiger partial charge in [-0.25, -0.2) is 9.78 Å². The minimum absolute atomic E-state index is 0.119. The summed E-state index contributed by atoms with van der Waals surface area (Å²) in [6.45, 7) is 1.40. The lowest BCUT2D eigenvalue weighted by atomic mass is 10.2. The van der Waals surface area contributed by atoms with Gasteiger partial charge in [0.25, 0.3) is 0 Å². The Morgan fingerprint density at radius 1 is 1.19 bits per heavy atom. The van der Waals surface area contributed by atoms with Crippen molar-refractivity contribution in [2.75, 3.05) is 20.6 Å². The Morgan fingerprint density at radius 3 is 2.67 bits per heavy atom. The summed E-state index contributed by atoms with van der Waals surface area (Å²) in [4.78, 5) is 25.6. The van der Waals surface area contributed by atoms with E-state index in [0.29, 0.717) is 12.2 Å². The first-order valence-electron chi connectivity index (χ1n) is 6.80. The maximum Gasteiger partial charge on any atom is 0.327 e. The van der Waals surface area contributed by atoms with Crippen molar-refractivity contribution in [3.63, 3.8) is 0 Å². The second kappa shape index (κ2) is 5.49. The van der Waals surface area contributed by atoms with Gasteiger partial charge in [-0.15, -0.1) is 0 Å². The van der Waals surface area contributed by atoms with Crippen LogP contribution in [0.4, 0.5) is 0 Å². The molecular formula is C15H17N5O. The summed E-state index contributed by atoms with van der Waals surface area (Å²) in [6.07, 6.45) is 3.47. The maximum atomic E-state index is 12.0. The normalized spacial score (nSPS) is 11.4. The van der Waals surface area contributed by atoms with E-state index in [1.807, 2.05) is 43.3 Å². The number of H-pyrrole nitrogens is 1. The summed E-state index contributed by atoms with van der Waals surface area (Å²) in [6, 6.07) is 7.61. The fraction of sp³-hybridized carbons (Fsp3) is 0.267. The molecule has 6 nitrogen and oxygen atoms in total. The number of hydrogen-bond acceptors (Lipinski definition) is 4. The van der Waals surface area contributed by atoms with Crippen LogP contribution in [0.2, 0.25) is 0 Å². The SMILES string of the molecule is CN(C)CCn1c(=O)[nH]c2ccc(-c3ccncc3)nc21. The molecule has 0 radical (unpaired) electrons. The molecule has 108 valence electrons. The summed E-state index contributed by atoms with van der Waals surface area (Å²) in [7, 11) is 3.96. The highest BCUT2D eigenvalue weighted by molar-refractivity contribution is 5.75. The minimum atomic E-state index is -0.119. The van der Waals surface area contributed by atoms with Crippen LogP contribution in [-0.4, -0.2) is 45.1 Å². The average molecular weight is 283 g/mol. The number of aromatic amines is 1. The van der Waals surface area contributed by atoms with E-state index in [1.54, 1.807) is 17.0 Å². The van der Waals surface area contributed by atoms with Crippen LogP contribution < -0.4 is 5.69 Å². The number of hydrogen-bond donors (Lipinski definition) is 1. The minimum Gasteiger partial charge on any atom is -0.308 e. The van der Waals surface area contributed by atoms with E-state index in [2.05, 4.69) is 15.0 Å². The maximum absolute atomic E-state index is 12.0. The first-order chi connectivity index (χ1) is 10.1. The van der Waals surface area contributed by atoms with Gasteiger partial charge >= 0.3 is 5.69 Å². The lowest BCUT2D eigenvalue weighted by Gasteiger charge is -2.09. The van der Waals surface area contributed by atoms with Crippen molar-refractivity contribution in [1.82, 2.24) is 24.4 Å². The molecule has 0 saturated heterocycles. The van der Waals surface area contributed by atoms with Crippen LogP contribution in [0, 0.1) is 0 Å². The molecule has 3 rings (SSSR count). The van der Waals surface area contributed by atoms with Crippen LogP contribution in [0.25, 0.3) is 22.4 Å². The van der Waals surface area contributed by atoms with Gasteiger partial charge < -0.3 is 9.88 Å². The lowest BCUT2D eigenvalue weighted by Crippen LogP contribution is -2.25. The lowest BCUT2D eigenvalue weighted by molar-refractivity contribution is 0.383. The van der Waals surface area contributed by atoms with Crippen LogP contribution in [0.1, 0.15) is 0 Å². The number of likely N-dealkylation sites (N-methyl/N-ethyl adjacent to an activating group) is 1. The third-order valence-corrected chi connectivity index (χ3v) is 3.36. The Morgan fingerprint density at radius 2 is 1.95 bits per heavy atom. The topological polar surface area (TPSA) is 66.8 Å². The van der Waals surface area contributed by atoms with Crippen molar-refractivity contribution in [3.05, 3.63) is 47.1 Å². The molecule has 3 aromatic heterocycles. The van der Waals surface area contributed by atoms with E-state index in [0.717, 1.165) is 23.3 Å². The van der Waals surface area contributed by atoms with Gasteiger partial charge in [0.05, 0.1) is 11.2 Å². The van der Waals surface area contributed by atoms with Gasteiger partial charge in [0.1, 0.15) is 0 Å². The summed E-state index contributed by atoms with van der Waals surface area (Å²) in [5, 5.41) is 0. The fourth-order valence-electron chi connectivity index (χ4n) is 2.22. The molecule has 0 fully saturated rings. The molecule has 1 N–H and O–H groups in total. The van der Waals surface area contributed by atoms with E-state index in [-0.39, 0.29) is 5.69 Å². The van der Waals surface area contributed by atoms with Crippen LogP contribution in [0.3, 0.4) is 0 Å². The van der Waals surface area contributed by atoms with Gasteiger partial charge in [0.15, 0.2) is 5.65 Å². The monoisotopic (exact) mass is 283 g/mol. The Hall–Kier alpha value is -2.47. The summed E-state index contributed by atoms with van der Waals surface area (Å²) < 4.78 is 1.68. The predicted molar refractivity (Wildman–Crippen MR) is 82.1 cm³/mol. The molecule has 0 unspecified atom stereocenters. The molecule has 0 atom stereocenters. The molecule has 3 aromatic rings. The quantitative estimate of drug-likeness (QED) is 0.785. The smallest absolute Gasteiger partial charge is 0.308 e. The largest absolute Gasteiger partial charge is 0.327 e. The van der Waals surface area contributed by atoms with Crippen molar-refractivity contribution in [3.8, 4) is 11.3 Å². The van der Waals surface area contributed by atoms with Crippen LogP contribution in [-0.2, 0) is 6.54 Å². The zero-order valence-electron chi connectivity index (χ0n) is 12.1. The molecule has 3 heterocycles. The van der Waals surface area contributed by atoms with Gasteiger partial charge in [0, 0.05) is 31.0 Å². The first kappa shape index (κ1) is 13.5. The Kier molecular flexibility index (Phi) is 3.53. The zero-order chi connectivity index (χ0) is 14.8. The molecular weight excluding hydrogens is 266 g/mol. The highest BCUT2D eigenvalue weighted by Crippen LogP contribution is 2.18. The number of fused-ring (bicyclic) bond motifs is 1. The molecule has 0 amide bonds. The number of pyridine rings is 2.